The Morgan fingerprint density at radius 3 is 2.87 bits per heavy atom. The molecule has 12 heteroatoms. The van der Waals surface area contributed by atoms with E-state index in [1.807, 2.05) is 0 Å². The number of nitrogens with zero attached hydrogens (tertiary/aromatic N) is 5. The van der Waals surface area contributed by atoms with Gasteiger partial charge in [0.05, 0.1) is 30.8 Å². The summed E-state index contributed by atoms with van der Waals surface area (Å²) in [6, 6.07) is 8.63. The van der Waals surface area contributed by atoms with Gasteiger partial charge in [0.2, 0.25) is 5.91 Å². The summed E-state index contributed by atoms with van der Waals surface area (Å²) in [5, 5.41) is 3.34. The van der Waals surface area contributed by atoms with Gasteiger partial charge in [-0.25, -0.2) is 9.18 Å². The van der Waals surface area contributed by atoms with E-state index >= 15 is 0 Å². The minimum Gasteiger partial charge on any atom is -0.444 e. The van der Waals surface area contributed by atoms with Crippen LogP contribution in [0, 0.1) is 5.82 Å². The van der Waals surface area contributed by atoms with Crippen LogP contribution in [-0.4, -0.2) is 42.1 Å². The maximum atomic E-state index is 14.4. The molecule has 3 amide bonds. The van der Waals surface area contributed by atoms with Gasteiger partial charge in [0.1, 0.15) is 11.9 Å². The van der Waals surface area contributed by atoms with Crippen LogP contribution in [0.3, 0.4) is 0 Å². The summed E-state index contributed by atoms with van der Waals surface area (Å²) in [4.78, 5) is 43.7. The monoisotopic (exact) mass is 413 g/mol. The van der Waals surface area contributed by atoms with E-state index in [1.165, 1.54) is 18.3 Å². The number of cyclic esters (lactones) is 1. The smallest absolute Gasteiger partial charge is 0.414 e. The van der Waals surface area contributed by atoms with E-state index in [0.29, 0.717) is 5.69 Å². The normalized spacial score (nSPS) is 15.2. The average Bonchev–Trinajstić information content (AvgIpc) is 3.11. The SMILES string of the molecule is [N-]=[N+]=NC[C@H]1CN(c2ccc(C(=O)NNC(=O)Cc3ccccn3)c(F)c2)C(=O)O1. The lowest BCUT2D eigenvalue weighted by Gasteiger charge is -2.14. The second-order valence-electron chi connectivity index (χ2n) is 6.19. The molecule has 0 unspecified atom stereocenters. The number of hydrogen-bond donors (Lipinski definition) is 2. The lowest BCUT2D eigenvalue weighted by molar-refractivity contribution is -0.121. The number of rotatable bonds is 6. The molecule has 0 saturated carbocycles. The third-order valence-corrected chi connectivity index (χ3v) is 4.11. The Hall–Kier alpha value is -4.18. The zero-order valence-electron chi connectivity index (χ0n) is 15.5. The van der Waals surface area contributed by atoms with Crippen molar-refractivity contribution in [1.82, 2.24) is 15.8 Å². The molecule has 1 aromatic carbocycles. The summed E-state index contributed by atoms with van der Waals surface area (Å²) in [5.74, 6) is -2.28. The number of amides is 3. The number of hydrogen-bond acceptors (Lipinski definition) is 6. The first-order valence-electron chi connectivity index (χ1n) is 8.75. The molecule has 1 atom stereocenters. The maximum absolute atomic E-state index is 14.4. The van der Waals surface area contributed by atoms with Gasteiger partial charge in [-0.3, -0.25) is 30.3 Å². The van der Waals surface area contributed by atoms with Crippen molar-refractivity contribution < 1.29 is 23.5 Å². The summed E-state index contributed by atoms with van der Waals surface area (Å²) in [6.07, 6.45) is 0.115. The Kier molecular flexibility index (Phi) is 6.40. The molecule has 1 fully saturated rings. The Bertz CT molecular complexity index is 1010. The van der Waals surface area contributed by atoms with Gasteiger partial charge in [0.25, 0.3) is 5.91 Å². The van der Waals surface area contributed by atoms with Gasteiger partial charge in [-0.2, -0.15) is 0 Å². The summed E-state index contributed by atoms with van der Waals surface area (Å²) in [6.45, 7) is 0.0341. The van der Waals surface area contributed by atoms with E-state index in [1.54, 1.807) is 18.2 Å². The highest BCUT2D eigenvalue weighted by Gasteiger charge is 2.32. The molecule has 1 saturated heterocycles. The van der Waals surface area contributed by atoms with Crippen molar-refractivity contribution >= 4 is 23.6 Å². The molecule has 154 valence electrons. The van der Waals surface area contributed by atoms with Crippen LogP contribution in [0.2, 0.25) is 0 Å². The van der Waals surface area contributed by atoms with E-state index in [9.17, 15) is 18.8 Å². The summed E-state index contributed by atoms with van der Waals surface area (Å²) >= 11 is 0. The zero-order valence-corrected chi connectivity index (χ0v) is 15.5. The Morgan fingerprint density at radius 1 is 1.33 bits per heavy atom. The Balaban J connectivity index is 1.59. The summed E-state index contributed by atoms with van der Waals surface area (Å²) in [5.41, 5.74) is 13.0. The molecule has 2 heterocycles. The van der Waals surface area contributed by atoms with Gasteiger partial charge in [-0.05, 0) is 35.9 Å². The second-order valence-corrected chi connectivity index (χ2v) is 6.19. The molecule has 2 N–H and O–H groups in total. The quantitative estimate of drug-likeness (QED) is 0.321. The van der Waals surface area contributed by atoms with Crippen molar-refractivity contribution in [2.45, 2.75) is 12.5 Å². The molecule has 30 heavy (non-hydrogen) atoms. The molecule has 1 aliphatic heterocycles. The fourth-order valence-corrected chi connectivity index (χ4v) is 2.72. The average molecular weight is 413 g/mol. The fourth-order valence-electron chi connectivity index (χ4n) is 2.72. The van der Waals surface area contributed by atoms with Gasteiger partial charge in [-0.1, -0.05) is 11.2 Å². The van der Waals surface area contributed by atoms with E-state index < -0.39 is 29.8 Å². The zero-order chi connectivity index (χ0) is 21.5. The van der Waals surface area contributed by atoms with Crippen molar-refractivity contribution in [3.05, 3.63) is 70.1 Å². The number of aromatic nitrogens is 1. The van der Waals surface area contributed by atoms with Gasteiger partial charge >= 0.3 is 6.09 Å². The number of azide groups is 1. The number of ether oxygens (including phenoxy) is 1. The molecule has 0 radical (unpaired) electrons. The van der Waals surface area contributed by atoms with Gasteiger partial charge in [0, 0.05) is 16.8 Å². The molecule has 0 aliphatic carbocycles. The standard InChI is InChI=1S/C18H16FN7O4/c19-15-8-12(26-10-13(9-22-25-20)30-18(26)29)4-5-14(15)17(28)24-23-16(27)7-11-3-1-2-6-21-11/h1-6,8,13H,7,9-10H2,(H,23,27)(H,24,28)/t13-/m0/s1. The lowest BCUT2D eigenvalue weighted by Crippen LogP contribution is -2.42. The van der Waals surface area contributed by atoms with E-state index in [4.69, 9.17) is 10.3 Å². The van der Waals surface area contributed by atoms with Crippen LogP contribution in [0.1, 0.15) is 16.1 Å². The highest BCUT2D eigenvalue weighted by atomic mass is 19.1. The minimum atomic E-state index is -0.893. The lowest BCUT2D eigenvalue weighted by atomic mass is 10.1. The predicted octanol–water partition coefficient (Wildman–Crippen LogP) is 1.86. The van der Waals surface area contributed by atoms with Crippen molar-refractivity contribution in [1.29, 1.82) is 0 Å². The number of carbonyl (C=O) groups excluding carboxylic acids is 3. The Labute approximate surface area is 169 Å². The number of anilines is 1. The first-order chi connectivity index (χ1) is 14.5. The van der Waals surface area contributed by atoms with Crippen LogP contribution in [0.15, 0.2) is 47.7 Å². The number of carbonyl (C=O) groups is 3. The van der Waals surface area contributed by atoms with Crippen LogP contribution in [-0.2, 0) is 16.0 Å². The number of hydrazine groups is 1. The number of nitrogens with one attached hydrogen (secondary N) is 2. The first kappa shape index (κ1) is 20.6. The van der Waals surface area contributed by atoms with Crippen LogP contribution in [0.5, 0.6) is 0 Å². The van der Waals surface area contributed by atoms with Gasteiger partial charge in [0.15, 0.2) is 0 Å². The Morgan fingerprint density at radius 2 is 2.17 bits per heavy atom. The largest absolute Gasteiger partial charge is 0.444 e. The van der Waals surface area contributed by atoms with Crippen LogP contribution in [0.25, 0.3) is 10.4 Å². The predicted molar refractivity (Wildman–Crippen MR) is 102 cm³/mol. The molecule has 0 bridgehead atoms. The van der Waals surface area contributed by atoms with Crippen LogP contribution in [0.4, 0.5) is 14.9 Å². The third-order valence-electron chi connectivity index (χ3n) is 4.11. The summed E-state index contributed by atoms with van der Waals surface area (Å²) < 4.78 is 19.5. The number of pyridine rings is 1. The van der Waals surface area contributed by atoms with E-state index in [-0.39, 0.29) is 30.8 Å². The molecule has 3 rings (SSSR count). The number of benzene rings is 1. The first-order valence-corrected chi connectivity index (χ1v) is 8.75. The van der Waals surface area contributed by atoms with Gasteiger partial charge < -0.3 is 4.74 Å². The molecule has 2 aromatic rings. The van der Waals surface area contributed by atoms with E-state index in [2.05, 4.69) is 25.9 Å². The van der Waals surface area contributed by atoms with Crippen molar-refractivity contribution in [3.8, 4) is 0 Å². The molecule has 1 aliphatic rings. The van der Waals surface area contributed by atoms with Crippen molar-refractivity contribution in [2.75, 3.05) is 18.0 Å². The van der Waals surface area contributed by atoms with Crippen molar-refractivity contribution in [3.63, 3.8) is 0 Å². The number of halogens is 1. The van der Waals surface area contributed by atoms with Crippen LogP contribution < -0.4 is 15.8 Å². The van der Waals surface area contributed by atoms with Gasteiger partial charge in [-0.15, -0.1) is 0 Å². The highest BCUT2D eigenvalue weighted by Crippen LogP contribution is 2.24. The molecule has 1 aromatic heterocycles. The third kappa shape index (κ3) is 5.00. The fraction of sp³-hybridized carbons (Fsp3) is 0.222. The molecular weight excluding hydrogens is 397 g/mol. The highest BCUT2D eigenvalue weighted by molar-refractivity contribution is 5.97. The molecule has 0 spiro atoms. The molecular formula is C18H16FN7O4. The minimum absolute atomic E-state index is 0.0418. The van der Waals surface area contributed by atoms with Crippen LogP contribution >= 0.6 is 0 Å². The summed E-state index contributed by atoms with van der Waals surface area (Å²) in [7, 11) is 0. The van der Waals surface area contributed by atoms with E-state index in [0.717, 1.165) is 11.0 Å². The molecule has 11 nitrogen and oxygen atoms in total. The topological polar surface area (TPSA) is 149 Å². The van der Waals surface area contributed by atoms with Crippen molar-refractivity contribution in [2.24, 2.45) is 5.11 Å². The second kappa shape index (κ2) is 9.34. The maximum Gasteiger partial charge on any atom is 0.414 e.